The van der Waals surface area contributed by atoms with Gasteiger partial charge in [-0.2, -0.15) is 0 Å². The normalized spacial score (nSPS) is 14.1. The highest BCUT2D eigenvalue weighted by atomic mass is 16.3. The number of rotatable bonds is 8. The van der Waals surface area contributed by atoms with Gasteiger partial charge in [0.25, 0.3) is 0 Å². The van der Waals surface area contributed by atoms with Gasteiger partial charge in [0.15, 0.2) is 0 Å². The average Bonchev–Trinajstić information content (AvgIpc) is 2.45. The number of nitrogens with one attached hydrogen (secondary N) is 1. The fraction of sp³-hybridized carbons (Fsp3) is 0.588. The van der Waals surface area contributed by atoms with Gasteiger partial charge >= 0.3 is 0 Å². The molecule has 0 radical (unpaired) electrons. The molecule has 0 bridgehead atoms. The molecule has 2 N–H and O–H groups in total. The molecule has 1 aromatic rings. The lowest BCUT2D eigenvalue weighted by Gasteiger charge is -2.21. The minimum absolute atomic E-state index is 0.0953. The number of benzene rings is 1. The highest BCUT2D eigenvalue weighted by molar-refractivity contribution is 5.78. The van der Waals surface area contributed by atoms with Crippen molar-refractivity contribution in [1.29, 1.82) is 0 Å². The molecule has 20 heavy (non-hydrogen) atoms. The van der Waals surface area contributed by atoms with E-state index in [1.807, 2.05) is 32.0 Å². The fourth-order valence-corrected chi connectivity index (χ4v) is 2.50. The molecule has 0 fully saturated rings. The summed E-state index contributed by atoms with van der Waals surface area (Å²) in [5.74, 6) is 0.383. The molecule has 2 atom stereocenters. The van der Waals surface area contributed by atoms with Gasteiger partial charge in [0.2, 0.25) is 5.91 Å². The van der Waals surface area contributed by atoms with Crippen molar-refractivity contribution in [3.05, 3.63) is 35.9 Å². The maximum absolute atomic E-state index is 12.1. The van der Waals surface area contributed by atoms with Crippen LogP contribution in [-0.4, -0.2) is 23.7 Å². The molecule has 0 heterocycles. The van der Waals surface area contributed by atoms with Gasteiger partial charge in [0.1, 0.15) is 0 Å². The molecule has 0 spiro atoms. The summed E-state index contributed by atoms with van der Waals surface area (Å²) in [5, 5.41) is 12.7. The molecular formula is C17H27NO2. The Morgan fingerprint density at radius 1 is 1.20 bits per heavy atom. The van der Waals surface area contributed by atoms with Crippen molar-refractivity contribution in [3.63, 3.8) is 0 Å². The Kier molecular flexibility index (Phi) is 7.31. The third-order valence-electron chi connectivity index (χ3n) is 3.78. The van der Waals surface area contributed by atoms with Crippen LogP contribution in [0, 0.1) is 5.92 Å². The molecule has 0 aliphatic rings. The van der Waals surface area contributed by atoms with Gasteiger partial charge in [-0.05, 0) is 31.7 Å². The summed E-state index contributed by atoms with van der Waals surface area (Å²) >= 11 is 0. The van der Waals surface area contributed by atoms with E-state index in [-0.39, 0.29) is 23.8 Å². The van der Waals surface area contributed by atoms with Crippen LogP contribution in [0.4, 0.5) is 0 Å². The van der Waals surface area contributed by atoms with E-state index in [0.717, 1.165) is 12.8 Å². The van der Waals surface area contributed by atoms with Crippen molar-refractivity contribution in [2.75, 3.05) is 6.54 Å². The van der Waals surface area contributed by atoms with Crippen molar-refractivity contribution in [2.45, 2.75) is 52.1 Å². The van der Waals surface area contributed by atoms with Crippen molar-refractivity contribution in [2.24, 2.45) is 5.92 Å². The highest BCUT2D eigenvalue weighted by Crippen LogP contribution is 2.21. The number of aliphatic hydroxyl groups is 1. The lowest BCUT2D eigenvalue weighted by atomic mass is 9.93. The Labute approximate surface area is 122 Å². The zero-order valence-corrected chi connectivity index (χ0v) is 12.8. The molecule has 0 aromatic heterocycles. The Morgan fingerprint density at radius 3 is 2.30 bits per heavy atom. The second kappa shape index (κ2) is 8.75. The van der Waals surface area contributed by atoms with Crippen molar-refractivity contribution < 1.29 is 9.90 Å². The van der Waals surface area contributed by atoms with Gasteiger partial charge in [-0.3, -0.25) is 4.79 Å². The van der Waals surface area contributed by atoms with Crippen molar-refractivity contribution >= 4 is 5.91 Å². The average molecular weight is 277 g/mol. The number of carbonyl (C=O) groups excluding carboxylic acids is 1. The number of amides is 1. The third-order valence-corrected chi connectivity index (χ3v) is 3.78. The van der Waals surface area contributed by atoms with Crippen LogP contribution < -0.4 is 5.32 Å². The molecule has 0 aliphatic heterocycles. The van der Waals surface area contributed by atoms with Gasteiger partial charge in [0.05, 0.1) is 6.10 Å². The SMILES string of the molecule is CCC(CC)C(=O)NCC(CC(C)O)c1ccccc1. The highest BCUT2D eigenvalue weighted by Gasteiger charge is 2.18. The standard InChI is InChI=1S/C17H27NO2/c1-4-14(5-2)17(20)18-12-16(11-13(3)19)15-9-7-6-8-10-15/h6-10,13-14,16,19H,4-5,11-12H2,1-3H3,(H,18,20). The third kappa shape index (κ3) is 5.33. The summed E-state index contributed by atoms with van der Waals surface area (Å²) < 4.78 is 0. The van der Waals surface area contributed by atoms with Gasteiger partial charge in [-0.1, -0.05) is 44.2 Å². The van der Waals surface area contributed by atoms with Crippen LogP contribution >= 0.6 is 0 Å². The summed E-state index contributed by atoms with van der Waals surface area (Å²) in [4.78, 5) is 12.1. The number of hydrogen-bond acceptors (Lipinski definition) is 2. The molecular weight excluding hydrogens is 250 g/mol. The maximum Gasteiger partial charge on any atom is 0.223 e. The van der Waals surface area contributed by atoms with Crippen LogP contribution in [0.5, 0.6) is 0 Å². The molecule has 0 saturated heterocycles. The summed E-state index contributed by atoms with van der Waals surface area (Å²) in [5.41, 5.74) is 1.17. The van der Waals surface area contributed by atoms with E-state index in [0.29, 0.717) is 13.0 Å². The molecule has 112 valence electrons. The van der Waals surface area contributed by atoms with Crippen molar-refractivity contribution in [3.8, 4) is 0 Å². The molecule has 0 saturated carbocycles. The maximum atomic E-state index is 12.1. The zero-order valence-electron chi connectivity index (χ0n) is 12.8. The van der Waals surface area contributed by atoms with Crippen LogP contribution in [0.15, 0.2) is 30.3 Å². The Morgan fingerprint density at radius 2 is 1.80 bits per heavy atom. The second-order valence-corrected chi connectivity index (χ2v) is 5.45. The quantitative estimate of drug-likeness (QED) is 0.767. The smallest absolute Gasteiger partial charge is 0.223 e. The van der Waals surface area contributed by atoms with Crippen molar-refractivity contribution in [1.82, 2.24) is 5.32 Å². The molecule has 1 amide bonds. The van der Waals surface area contributed by atoms with E-state index >= 15 is 0 Å². The number of hydrogen-bond donors (Lipinski definition) is 2. The largest absolute Gasteiger partial charge is 0.393 e. The minimum Gasteiger partial charge on any atom is -0.393 e. The van der Waals surface area contributed by atoms with Gasteiger partial charge in [0, 0.05) is 18.4 Å². The minimum atomic E-state index is -0.370. The van der Waals surface area contributed by atoms with E-state index in [9.17, 15) is 9.90 Å². The second-order valence-electron chi connectivity index (χ2n) is 5.45. The van der Waals surface area contributed by atoms with Crippen LogP contribution in [-0.2, 0) is 4.79 Å². The summed E-state index contributed by atoms with van der Waals surface area (Å²) in [7, 11) is 0. The first-order valence-corrected chi connectivity index (χ1v) is 7.59. The van der Waals surface area contributed by atoms with E-state index in [1.165, 1.54) is 5.56 Å². The molecule has 1 rings (SSSR count). The lowest BCUT2D eigenvalue weighted by molar-refractivity contribution is -0.125. The van der Waals surface area contributed by atoms with Gasteiger partial charge in [-0.25, -0.2) is 0 Å². The summed E-state index contributed by atoms with van der Waals surface area (Å²) in [6.45, 7) is 6.46. The number of carbonyl (C=O) groups is 1. The van der Waals surface area contributed by atoms with E-state index in [4.69, 9.17) is 0 Å². The van der Waals surface area contributed by atoms with Crippen LogP contribution in [0.2, 0.25) is 0 Å². The van der Waals surface area contributed by atoms with Crippen LogP contribution in [0.1, 0.15) is 51.5 Å². The monoisotopic (exact) mass is 277 g/mol. The Bertz CT molecular complexity index is 385. The van der Waals surface area contributed by atoms with Gasteiger partial charge < -0.3 is 10.4 Å². The fourth-order valence-electron chi connectivity index (χ4n) is 2.50. The summed E-state index contributed by atoms with van der Waals surface area (Å²) in [6, 6.07) is 10.1. The molecule has 0 aliphatic carbocycles. The lowest BCUT2D eigenvalue weighted by Crippen LogP contribution is -2.34. The van der Waals surface area contributed by atoms with E-state index in [1.54, 1.807) is 6.92 Å². The molecule has 1 aromatic carbocycles. The topological polar surface area (TPSA) is 49.3 Å². The molecule has 3 heteroatoms. The Balaban J connectivity index is 2.64. The van der Waals surface area contributed by atoms with Crippen LogP contribution in [0.25, 0.3) is 0 Å². The van der Waals surface area contributed by atoms with Gasteiger partial charge in [-0.15, -0.1) is 0 Å². The van der Waals surface area contributed by atoms with E-state index < -0.39 is 0 Å². The Hall–Kier alpha value is -1.35. The predicted molar refractivity (Wildman–Crippen MR) is 82.6 cm³/mol. The first-order chi connectivity index (χ1) is 9.58. The van der Waals surface area contributed by atoms with E-state index in [2.05, 4.69) is 17.4 Å². The number of aliphatic hydroxyl groups excluding tert-OH is 1. The molecule has 3 nitrogen and oxygen atoms in total. The van der Waals surface area contributed by atoms with Crippen LogP contribution in [0.3, 0.4) is 0 Å². The zero-order chi connectivity index (χ0) is 15.0. The summed E-state index contributed by atoms with van der Waals surface area (Å²) in [6.07, 6.45) is 2.03. The molecule has 2 unspecified atom stereocenters. The first-order valence-electron chi connectivity index (χ1n) is 7.59. The first kappa shape index (κ1) is 16.7. The predicted octanol–water partition coefficient (Wildman–Crippen LogP) is 3.09.